The van der Waals surface area contributed by atoms with Gasteiger partial charge in [-0.25, -0.2) is 0 Å². The van der Waals surface area contributed by atoms with Gasteiger partial charge in [0.15, 0.2) is 0 Å². The molecule has 0 unspecified atom stereocenters. The highest BCUT2D eigenvalue weighted by Crippen LogP contribution is 2.10. The highest BCUT2D eigenvalue weighted by atomic mass is 32.2. The van der Waals surface area contributed by atoms with Gasteiger partial charge in [-0.2, -0.15) is 8.42 Å². The molecule has 0 saturated carbocycles. The number of hydrogen-bond acceptors (Lipinski definition) is 4. The summed E-state index contributed by atoms with van der Waals surface area (Å²) >= 11 is 0. The summed E-state index contributed by atoms with van der Waals surface area (Å²) in [5, 5.41) is 2.84. The van der Waals surface area contributed by atoms with Crippen molar-refractivity contribution in [3.63, 3.8) is 0 Å². The Kier molecular flexibility index (Phi) is 3.59. The van der Waals surface area contributed by atoms with Gasteiger partial charge in [0, 0.05) is 13.2 Å². The average Bonchev–Trinajstić information content (AvgIpc) is 2.14. The maximum atomic E-state index is 10.8. The van der Waals surface area contributed by atoms with Crippen molar-refractivity contribution in [3.05, 3.63) is 29.8 Å². The summed E-state index contributed by atoms with van der Waals surface area (Å²) in [4.78, 5) is -0.103. The van der Waals surface area contributed by atoms with E-state index in [2.05, 4.69) is 5.32 Å². The second-order valence-electron chi connectivity index (χ2n) is 2.75. The number of nitrogens with two attached hydrogens (primary N) is 1. The van der Waals surface area contributed by atoms with Crippen LogP contribution in [0.4, 0.5) is 0 Å². The molecule has 0 atom stereocenters. The Morgan fingerprint density at radius 3 is 2.71 bits per heavy atom. The van der Waals surface area contributed by atoms with Gasteiger partial charge in [-0.15, -0.1) is 0 Å². The minimum Gasteiger partial charge on any atom is -0.318 e. The Hall–Kier alpha value is -0.950. The number of rotatable bonds is 4. The smallest absolute Gasteiger partial charge is 0.294 e. The van der Waals surface area contributed by atoms with Gasteiger partial charge in [-0.1, -0.05) is 12.1 Å². The lowest BCUT2D eigenvalue weighted by atomic mass is 10.2. The topological polar surface area (TPSA) is 92.4 Å². The zero-order chi connectivity index (χ0) is 10.6. The Labute approximate surface area is 82.7 Å². The lowest BCUT2D eigenvalue weighted by molar-refractivity contribution is 0.483. The first kappa shape index (κ1) is 11.1. The fraction of sp³-hybridized carbons (Fsp3) is 0.250. The summed E-state index contributed by atoms with van der Waals surface area (Å²) < 4.78 is 30.3. The third kappa shape index (κ3) is 3.08. The van der Waals surface area contributed by atoms with Crippen molar-refractivity contribution in [2.45, 2.75) is 11.4 Å². The molecule has 78 valence electrons. The maximum absolute atomic E-state index is 10.8. The first-order valence-corrected chi connectivity index (χ1v) is 5.45. The van der Waals surface area contributed by atoms with E-state index in [1.807, 2.05) is 0 Å². The van der Waals surface area contributed by atoms with Crippen molar-refractivity contribution < 1.29 is 13.0 Å². The fourth-order valence-corrected chi connectivity index (χ4v) is 1.58. The van der Waals surface area contributed by atoms with Gasteiger partial charge in [0.05, 0.1) is 4.90 Å². The summed E-state index contributed by atoms with van der Waals surface area (Å²) in [6, 6.07) is 6.05. The van der Waals surface area contributed by atoms with Gasteiger partial charge >= 0.3 is 0 Å². The Bertz CT molecular complexity index is 403. The van der Waals surface area contributed by atoms with Crippen molar-refractivity contribution in [1.29, 1.82) is 0 Å². The van der Waals surface area contributed by atoms with Crippen LogP contribution in [0, 0.1) is 0 Å². The molecule has 0 spiro atoms. The van der Waals surface area contributed by atoms with Crippen LogP contribution in [0.3, 0.4) is 0 Å². The summed E-state index contributed by atoms with van der Waals surface area (Å²) in [6.45, 7) is 0.788. The maximum Gasteiger partial charge on any atom is 0.294 e. The Morgan fingerprint density at radius 1 is 1.43 bits per heavy atom. The van der Waals surface area contributed by atoms with E-state index in [0.717, 1.165) is 5.56 Å². The van der Waals surface area contributed by atoms with E-state index < -0.39 is 10.1 Å². The molecule has 0 amide bonds. The zero-order valence-electron chi connectivity index (χ0n) is 7.47. The number of nitrogens with one attached hydrogen (secondary N) is 1. The molecule has 4 N–H and O–H groups in total. The van der Waals surface area contributed by atoms with Crippen LogP contribution in [0.5, 0.6) is 0 Å². The van der Waals surface area contributed by atoms with Crippen LogP contribution in [0.25, 0.3) is 0 Å². The van der Waals surface area contributed by atoms with Crippen LogP contribution >= 0.6 is 0 Å². The average molecular weight is 216 g/mol. The molecule has 0 aliphatic rings. The molecule has 0 saturated heterocycles. The predicted octanol–water partition coefficient (Wildman–Crippen LogP) is -0.0609. The third-order valence-corrected chi connectivity index (χ3v) is 2.52. The van der Waals surface area contributed by atoms with Crippen LogP contribution in [-0.2, 0) is 16.7 Å². The fourth-order valence-electron chi connectivity index (χ4n) is 1.03. The number of benzene rings is 1. The lowest BCUT2D eigenvalue weighted by Gasteiger charge is -2.03. The van der Waals surface area contributed by atoms with Crippen molar-refractivity contribution in [2.24, 2.45) is 5.73 Å². The quantitative estimate of drug-likeness (QED) is 0.484. The van der Waals surface area contributed by atoms with Crippen molar-refractivity contribution in [2.75, 3.05) is 6.67 Å². The number of hydrogen-bond donors (Lipinski definition) is 3. The molecule has 6 heteroatoms. The van der Waals surface area contributed by atoms with Gasteiger partial charge in [0.1, 0.15) is 0 Å². The van der Waals surface area contributed by atoms with Crippen LogP contribution < -0.4 is 11.1 Å². The summed E-state index contributed by atoms with van der Waals surface area (Å²) in [5.74, 6) is 0. The summed E-state index contributed by atoms with van der Waals surface area (Å²) in [5.41, 5.74) is 5.98. The standard InChI is InChI=1S/C8H12N2O3S/c9-6-10-5-7-2-1-3-8(4-7)14(11,12)13/h1-4,10H,5-6,9H2,(H,11,12,13). The molecule has 1 aromatic rings. The highest BCUT2D eigenvalue weighted by Gasteiger charge is 2.08. The summed E-state index contributed by atoms with van der Waals surface area (Å²) in [6.07, 6.45) is 0. The van der Waals surface area contributed by atoms with E-state index in [4.69, 9.17) is 10.3 Å². The second kappa shape index (κ2) is 4.52. The van der Waals surface area contributed by atoms with Crippen molar-refractivity contribution in [1.82, 2.24) is 5.32 Å². The molecule has 5 nitrogen and oxygen atoms in total. The van der Waals surface area contributed by atoms with E-state index >= 15 is 0 Å². The van der Waals surface area contributed by atoms with Crippen LogP contribution in [0.1, 0.15) is 5.56 Å². The normalized spacial score (nSPS) is 11.6. The van der Waals surface area contributed by atoms with E-state index in [-0.39, 0.29) is 4.90 Å². The van der Waals surface area contributed by atoms with Gasteiger partial charge in [-0.3, -0.25) is 4.55 Å². The van der Waals surface area contributed by atoms with Gasteiger partial charge in [0.25, 0.3) is 10.1 Å². The Morgan fingerprint density at radius 2 is 2.14 bits per heavy atom. The van der Waals surface area contributed by atoms with Crippen LogP contribution in [0.2, 0.25) is 0 Å². The second-order valence-corrected chi connectivity index (χ2v) is 4.17. The van der Waals surface area contributed by atoms with Crippen molar-refractivity contribution >= 4 is 10.1 Å². The molecule has 0 aliphatic heterocycles. The minimum atomic E-state index is -4.11. The molecule has 14 heavy (non-hydrogen) atoms. The third-order valence-electron chi connectivity index (χ3n) is 1.67. The predicted molar refractivity (Wildman–Crippen MR) is 52.2 cm³/mol. The molecule has 0 aromatic heterocycles. The SMILES string of the molecule is NCNCc1cccc(S(=O)(=O)O)c1. The van der Waals surface area contributed by atoms with Gasteiger partial charge in [0.2, 0.25) is 0 Å². The largest absolute Gasteiger partial charge is 0.318 e. The van der Waals surface area contributed by atoms with Crippen molar-refractivity contribution in [3.8, 4) is 0 Å². The molecular weight excluding hydrogens is 204 g/mol. The molecule has 1 aromatic carbocycles. The summed E-state index contributed by atoms with van der Waals surface area (Å²) in [7, 11) is -4.11. The van der Waals surface area contributed by atoms with Crippen LogP contribution in [0.15, 0.2) is 29.2 Å². The molecular formula is C8H12N2O3S. The van der Waals surface area contributed by atoms with Gasteiger partial charge < -0.3 is 11.1 Å². The van der Waals surface area contributed by atoms with E-state index in [1.54, 1.807) is 12.1 Å². The zero-order valence-corrected chi connectivity index (χ0v) is 8.29. The van der Waals surface area contributed by atoms with Crippen LogP contribution in [-0.4, -0.2) is 19.6 Å². The minimum absolute atomic E-state index is 0.103. The molecule has 0 fully saturated rings. The van der Waals surface area contributed by atoms with E-state index in [0.29, 0.717) is 13.2 Å². The van der Waals surface area contributed by atoms with E-state index in [9.17, 15) is 8.42 Å². The van der Waals surface area contributed by atoms with E-state index in [1.165, 1.54) is 12.1 Å². The molecule has 0 heterocycles. The first-order chi connectivity index (χ1) is 6.54. The monoisotopic (exact) mass is 216 g/mol. The van der Waals surface area contributed by atoms with Gasteiger partial charge in [-0.05, 0) is 17.7 Å². The molecule has 0 radical (unpaired) electrons. The molecule has 1 rings (SSSR count). The molecule has 0 bridgehead atoms. The lowest BCUT2D eigenvalue weighted by Crippen LogP contribution is -2.21. The molecule has 0 aliphatic carbocycles. The highest BCUT2D eigenvalue weighted by molar-refractivity contribution is 7.85. The Balaban J connectivity index is 2.90. The first-order valence-electron chi connectivity index (χ1n) is 4.01.